The van der Waals surface area contributed by atoms with Gasteiger partial charge in [-0.25, -0.2) is 0 Å². The van der Waals surface area contributed by atoms with Crippen LogP contribution in [0.3, 0.4) is 0 Å². The molecule has 1 unspecified atom stereocenters. The van der Waals surface area contributed by atoms with Gasteiger partial charge in [0.05, 0.1) is 24.1 Å². The van der Waals surface area contributed by atoms with Crippen molar-refractivity contribution in [2.75, 3.05) is 25.1 Å². The van der Waals surface area contributed by atoms with Crippen molar-refractivity contribution >= 4 is 5.69 Å². The van der Waals surface area contributed by atoms with E-state index in [0.717, 1.165) is 37.3 Å². The number of nitrogens with zero attached hydrogens (tertiary/aromatic N) is 2. The molecule has 0 saturated heterocycles. The predicted octanol–water partition coefficient (Wildman–Crippen LogP) is 1.57. The summed E-state index contributed by atoms with van der Waals surface area (Å²) in [6.07, 6.45) is 4.49. The Morgan fingerprint density at radius 1 is 1.50 bits per heavy atom. The fourth-order valence-corrected chi connectivity index (χ4v) is 1.70. The van der Waals surface area contributed by atoms with Crippen molar-refractivity contribution < 1.29 is 9.84 Å². The first-order chi connectivity index (χ1) is 8.67. The summed E-state index contributed by atoms with van der Waals surface area (Å²) in [5.74, 6) is 0. The molecule has 0 bridgehead atoms. The van der Waals surface area contributed by atoms with Gasteiger partial charge in [-0.1, -0.05) is 20.3 Å². The average molecular weight is 255 g/mol. The summed E-state index contributed by atoms with van der Waals surface area (Å²) >= 11 is 0. The number of unbranched alkanes of at least 4 members (excludes halogenated alkanes) is 1. The van der Waals surface area contributed by atoms with Crippen LogP contribution in [0.5, 0.6) is 0 Å². The third-order valence-electron chi connectivity index (χ3n) is 2.72. The smallest absolute Gasteiger partial charge is 0.0945 e. The van der Waals surface area contributed by atoms with Crippen molar-refractivity contribution in [2.24, 2.45) is 7.05 Å². The number of aliphatic hydroxyl groups excluding tert-OH is 1. The number of rotatable bonds is 9. The van der Waals surface area contributed by atoms with E-state index in [2.05, 4.69) is 24.3 Å². The highest BCUT2D eigenvalue weighted by Crippen LogP contribution is 2.13. The molecule has 0 spiro atoms. The Balaban J connectivity index is 2.26. The number of hydrogen-bond acceptors (Lipinski definition) is 4. The average Bonchev–Trinajstić information content (AvgIpc) is 2.72. The van der Waals surface area contributed by atoms with E-state index in [9.17, 15) is 5.11 Å². The summed E-state index contributed by atoms with van der Waals surface area (Å²) in [5, 5.41) is 17.3. The monoisotopic (exact) mass is 255 g/mol. The summed E-state index contributed by atoms with van der Waals surface area (Å²) in [5.41, 5.74) is 2.02. The van der Waals surface area contributed by atoms with Crippen LogP contribution in [-0.4, -0.2) is 40.7 Å². The summed E-state index contributed by atoms with van der Waals surface area (Å²) in [7, 11) is 1.90. The highest BCUT2D eigenvalue weighted by Gasteiger charge is 2.08. The maximum atomic E-state index is 9.77. The van der Waals surface area contributed by atoms with Gasteiger partial charge in [0.2, 0.25) is 0 Å². The van der Waals surface area contributed by atoms with Crippen molar-refractivity contribution in [3.8, 4) is 0 Å². The van der Waals surface area contributed by atoms with E-state index in [1.54, 1.807) is 4.68 Å². The molecule has 0 fully saturated rings. The van der Waals surface area contributed by atoms with Gasteiger partial charge >= 0.3 is 0 Å². The molecule has 1 aromatic heterocycles. The molecular formula is C13H25N3O2. The fourth-order valence-electron chi connectivity index (χ4n) is 1.70. The van der Waals surface area contributed by atoms with Crippen molar-refractivity contribution in [3.63, 3.8) is 0 Å². The Bertz CT molecular complexity index is 339. The van der Waals surface area contributed by atoms with Crippen molar-refractivity contribution in [2.45, 2.75) is 39.2 Å². The van der Waals surface area contributed by atoms with Gasteiger partial charge < -0.3 is 15.2 Å². The van der Waals surface area contributed by atoms with Gasteiger partial charge in [0.1, 0.15) is 0 Å². The lowest BCUT2D eigenvalue weighted by Gasteiger charge is -2.12. The van der Waals surface area contributed by atoms with Crippen LogP contribution in [0.4, 0.5) is 5.69 Å². The Labute approximate surface area is 109 Å². The van der Waals surface area contributed by atoms with Crippen LogP contribution in [0.2, 0.25) is 0 Å². The summed E-state index contributed by atoms with van der Waals surface area (Å²) in [6.45, 7) is 5.79. The zero-order chi connectivity index (χ0) is 13.4. The van der Waals surface area contributed by atoms with Gasteiger partial charge in [0.25, 0.3) is 0 Å². The van der Waals surface area contributed by atoms with Gasteiger partial charge in [-0.15, -0.1) is 0 Å². The van der Waals surface area contributed by atoms with Crippen LogP contribution in [-0.2, 0) is 18.2 Å². The summed E-state index contributed by atoms with van der Waals surface area (Å²) in [4.78, 5) is 0. The first-order valence-electron chi connectivity index (χ1n) is 6.69. The molecule has 0 aliphatic heterocycles. The number of ether oxygens (including phenoxy) is 1. The van der Waals surface area contributed by atoms with E-state index in [1.165, 1.54) is 0 Å². The molecule has 0 amide bonds. The van der Waals surface area contributed by atoms with Gasteiger partial charge in [0, 0.05) is 26.4 Å². The third kappa shape index (κ3) is 5.06. The molecule has 0 radical (unpaired) electrons. The van der Waals surface area contributed by atoms with E-state index in [1.807, 2.05) is 13.2 Å². The molecule has 0 aliphatic carbocycles. The van der Waals surface area contributed by atoms with Crippen LogP contribution >= 0.6 is 0 Å². The largest absolute Gasteiger partial charge is 0.389 e. The molecule has 0 saturated carbocycles. The van der Waals surface area contributed by atoms with Crippen LogP contribution in [0.1, 0.15) is 32.4 Å². The number of aryl methyl sites for hydroxylation is 2. The van der Waals surface area contributed by atoms with Gasteiger partial charge in [0.15, 0.2) is 0 Å². The molecule has 0 aromatic carbocycles. The number of nitrogens with one attached hydrogen (secondary N) is 1. The van der Waals surface area contributed by atoms with Crippen molar-refractivity contribution in [1.29, 1.82) is 0 Å². The highest BCUT2D eigenvalue weighted by atomic mass is 16.5. The van der Waals surface area contributed by atoms with Gasteiger partial charge in [-0.05, 0) is 12.8 Å². The summed E-state index contributed by atoms with van der Waals surface area (Å²) < 4.78 is 7.16. The Hall–Kier alpha value is -1.07. The molecule has 1 atom stereocenters. The quantitative estimate of drug-likeness (QED) is 0.658. The van der Waals surface area contributed by atoms with Gasteiger partial charge in [-0.2, -0.15) is 5.10 Å². The Morgan fingerprint density at radius 3 is 2.94 bits per heavy atom. The zero-order valence-corrected chi connectivity index (χ0v) is 11.6. The van der Waals surface area contributed by atoms with E-state index in [-0.39, 0.29) is 0 Å². The fraction of sp³-hybridized carbons (Fsp3) is 0.769. The second-order valence-corrected chi connectivity index (χ2v) is 4.48. The minimum Gasteiger partial charge on any atom is -0.389 e. The van der Waals surface area contributed by atoms with Crippen LogP contribution in [0, 0.1) is 0 Å². The van der Waals surface area contributed by atoms with Crippen LogP contribution in [0.25, 0.3) is 0 Å². The lowest BCUT2D eigenvalue weighted by Crippen LogP contribution is -2.25. The molecule has 18 heavy (non-hydrogen) atoms. The van der Waals surface area contributed by atoms with E-state index in [0.29, 0.717) is 13.2 Å². The second kappa shape index (κ2) is 8.11. The second-order valence-electron chi connectivity index (χ2n) is 4.48. The SMILES string of the molecule is CCCCOCC(O)CNc1cn(C)nc1CC. The molecule has 104 valence electrons. The molecule has 2 N–H and O–H groups in total. The van der Waals surface area contributed by atoms with E-state index >= 15 is 0 Å². The number of anilines is 1. The predicted molar refractivity (Wildman–Crippen MR) is 72.8 cm³/mol. The van der Waals surface area contributed by atoms with Crippen LogP contribution < -0.4 is 5.32 Å². The van der Waals surface area contributed by atoms with E-state index in [4.69, 9.17) is 4.74 Å². The normalized spacial score (nSPS) is 12.7. The van der Waals surface area contributed by atoms with Gasteiger partial charge in [-0.3, -0.25) is 4.68 Å². The zero-order valence-electron chi connectivity index (χ0n) is 11.6. The maximum Gasteiger partial charge on any atom is 0.0945 e. The maximum absolute atomic E-state index is 9.77. The summed E-state index contributed by atoms with van der Waals surface area (Å²) in [6, 6.07) is 0. The van der Waals surface area contributed by atoms with Crippen LogP contribution in [0.15, 0.2) is 6.20 Å². The minimum atomic E-state index is -0.480. The standard InChI is InChI=1S/C13H25N3O2/c1-4-6-7-18-10-11(17)8-14-13-9-16(3)15-12(13)5-2/h9,11,14,17H,4-8,10H2,1-3H3. The number of hydrogen-bond donors (Lipinski definition) is 2. The lowest BCUT2D eigenvalue weighted by atomic mass is 10.3. The molecule has 1 aromatic rings. The molecule has 0 aliphatic rings. The highest BCUT2D eigenvalue weighted by molar-refractivity contribution is 5.46. The molecule has 5 nitrogen and oxygen atoms in total. The van der Waals surface area contributed by atoms with Crippen molar-refractivity contribution in [3.05, 3.63) is 11.9 Å². The number of aromatic nitrogens is 2. The Kier molecular flexibility index (Phi) is 6.75. The lowest BCUT2D eigenvalue weighted by molar-refractivity contribution is 0.0421. The molecule has 1 heterocycles. The molecule has 1 rings (SSSR count). The number of aliphatic hydroxyl groups is 1. The third-order valence-corrected chi connectivity index (χ3v) is 2.72. The van der Waals surface area contributed by atoms with E-state index < -0.39 is 6.10 Å². The minimum absolute atomic E-state index is 0.384. The first kappa shape index (κ1) is 15.0. The molecule has 5 heteroatoms. The topological polar surface area (TPSA) is 59.3 Å². The molecular weight excluding hydrogens is 230 g/mol. The first-order valence-corrected chi connectivity index (χ1v) is 6.69. The Morgan fingerprint density at radius 2 is 2.28 bits per heavy atom. The van der Waals surface area contributed by atoms with Crippen molar-refractivity contribution in [1.82, 2.24) is 9.78 Å².